The van der Waals surface area contributed by atoms with Crippen LogP contribution in [0.15, 0.2) is 29.3 Å². The van der Waals surface area contributed by atoms with Crippen LogP contribution in [0.3, 0.4) is 0 Å². The number of carbonyl (C=O) groups is 1. The van der Waals surface area contributed by atoms with Crippen LogP contribution in [-0.2, 0) is 9.53 Å². The molecule has 174 valence electrons. The Morgan fingerprint density at radius 3 is 2.58 bits per heavy atom. The Labute approximate surface area is 207 Å². The standard InChI is InChI=1S/C22H34ClN5O2.HI/c1-3-21(29)28-10-9-19(16-28)26-22(24-4-2)25-15-20(27-11-13-30-14-12-27)17-5-7-18(23)8-6-17;/h5-8,19-20H,3-4,9-16H2,1-2H3,(H2,24,25,26);1H. The zero-order valence-electron chi connectivity index (χ0n) is 18.5. The van der Waals surface area contributed by atoms with Crippen molar-refractivity contribution in [2.45, 2.75) is 38.8 Å². The Morgan fingerprint density at radius 1 is 1.23 bits per heavy atom. The highest BCUT2D eigenvalue weighted by atomic mass is 127. The van der Waals surface area contributed by atoms with Gasteiger partial charge >= 0.3 is 0 Å². The molecule has 2 aliphatic heterocycles. The van der Waals surface area contributed by atoms with E-state index in [2.05, 4.69) is 34.6 Å². The summed E-state index contributed by atoms with van der Waals surface area (Å²) in [5.41, 5.74) is 1.21. The van der Waals surface area contributed by atoms with E-state index in [-0.39, 0.29) is 42.0 Å². The fourth-order valence-electron chi connectivity index (χ4n) is 4.03. The van der Waals surface area contributed by atoms with E-state index >= 15 is 0 Å². The van der Waals surface area contributed by atoms with Gasteiger partial charge in [-0.1, -0.05) is 30.7 Å². The first kappa shape index (κ1) is 26.2. The number of benzene rings is 1. The first-order chi connectivity index (χ1) is 14.6. The Kier molecular flexibility index (Phi) is 11.3. The predicted molar refractivity (Wildman–Crippen MR) is 136 cm³/mol. The van der Waals surface area contributed by atoms with Gasteiger partial charge in [0.25, 0.3) is 0 Å². The summed E-state index contributed by atoms with van der Waals surface area (Å²) in [6, 6.07) is 8.46. The van der Waals surface area contributed by atoms with Crippen LogP contribution in [0.4, 0.5) is 0 Å². The summed E-state index contributed by atoms with van der Waals surface area (Å²) in [7, 11) is 0. The molecule has 1 aromatic rings. The van der Waals surface area contributed by atoms with Crippen molar-refractivity contribution < 1.29 is 9.53 Å². The van der Waals surface area contributed by atoms with Crippen molar-refractivity contribution in [1.82, 2.24) is 20.4 Å². The molecule has 1 amide bonds. The number of halogens is 2. The molecule has 7 nitrogen and oxygen atoms in total. The van der Waals surface area contributed by atoms with E-state index in [1.54, 1.807) is 0 Å². The molecule has 0 aliphatic carbocycles. The molecule has 0 radical (unpaired) electrons. The summed E-state index contributed by atoms with van der Waals surface area (Å²) in [6.45, 7) is 10.2. The fraction of sp³-hybridized carbons (Fsp3) is 0.636. The van der Waals surface area contributed by atoms with Gasteiger partial charge in [-0.05, 0) is 31.0 Å². The number of rotatable bonds is 7. The summed E-state index contributed by atoms with van der Waals surface area (Å²) in [4.78, 5) is 21.2. The lowest BCUT2D eigenvalue weighted by Crippen LogP contribution is -2.46. The molecule has 2 saturated heterocycles. The third kappa shape index (κ3) is 7.76. The van der Waals surface area contributed by atoms with Crippen molar-refractivity contribution in [2.75, 3.05) is 52.5 Å². The van der Waals surface area contributed by atoms with Gasteiger partial charge in [-0.25, -0.2) is 0 Å². The zero-order valence-corrected chi connectivity index (χ0v) is 21.6. The lowest BCUT2D eigenvalue weighted by atomic mass is 10.0. The van der Waals surface area contributed by atoms with Crippen molar-refractivity contribution >= 4 is 47.4 Å². The van der Waals surface area contributed by atoms with Gasteiger partial charge in [0, 0.05) is 50.2 Å². The van der Waals surface area contributed by atoms with Gasteiger partial charge < -0.3 is 20.3 Å². The molecular formula is C22H35ClIN5O2. The number of carbonyl (C=O) groups excluding carboxylic acids is 1. The molecule has 1 aromatic carbocycles. The van der Waals surface area contributed by atoms with Gasteiger partial charge in [0.05, 0.1) is 25.8 Å². The van der Waals surface area contributed by atoms with Crippen molar-refractivity contribution in [2.24, 2.45) is 4.99 Å². The van der Waals surface area contributed by atoms with E-state index in [9.17, 15) is 4.79 Å². The molecule has 0 spiro atoms. The second kappa shape index (κ2) is 13.4. The highest BCUT2D eigenvalue weighted by molar-refractivity contribution is 14.0. The monoisotopic (exact) mass is 563 g/mol. The Morgan fingerprint density at radius 2 is 1.94 bits per heavy atom. The summed E-state index contributed by atoms with van der Waals surface area (Å²) < 4.78 is 5.54. The van der Waals surface area contributed by atoms with Crippen LogP contribution in [0.2, 0.25) is 5.02 Å². The van der Waals surface area contributed by atoms with Crippen molar-refractivity contribution in [1.29, 1.82) is 0 Å². The van der Waals surface area contributed by atoms with E-state index < -0.39 is 0 Å². The average molecular weight is 564 g/mol. The zero-order chi connectivity index (χ0) is 21.3. The third-order valence-electron chi connectivity index (χ3n) is 5.69. The minimum Gasteiger partial charge on any atom is -0.379 e. The summed E-state index contributed by atoms with van der Waals surface area (Å²) >= 11 is 6.10. The first-order valence-electron chi connectivity index (χ1n) is 11.0. The van der Waals surface area contributed by atoms with Gasteiger partial charge in [-0.15, -0.1) is 24.0 Å². The molecule has 0 aromatic heterocycles. The van der Waals surface area contributed by atoms with E-state index in [1.165, 1.54) is 5.56 Å². The molecule has 2 heterocycles. The number of morpholine rings is 1. The molecule has 9 heteroatoms. The fourth-order valence-corrected chi connectivity index (χ4v) is 4.15. The maximum atomic E-state index is 12.0. The van der Waals surface area contributed by atoms with Crippen LogP contribution in [0.5, 0.6) is 0 Å². The SMILES string of the molecule is CCNC(=NCC(c1ccc(Cl)cc1)N1CCOCC1)NC1CCN(C(=O)CC)C1.I. The van der Waals surface area contributed by atoms with Crippen LogP contribution in [-0.4, -0.2) is 80.2 Å². The number of aliphatic imine (C=N–C) groups is 1. The number of nitrogens with zero attached hydrogens (tertiary/aromatic N) is 3. The highest BCUT2D eigenvalue weighted by Gasteiger charge is 2.26. The molecular weight excluding hydrogens is 529 g/mol. The van der Waals surface area contributed by atoms with E-state index in [0.717, 1.165) is 63.3 Å². The number of guanidine groups is 1. The second-order valence-corrected chi connectivity index (χ2v) is 8.19. The third-order valence-corrected chi connectivity index (χ3v) is 5.94. The predicted octanol–water partition coefficient (Wildman–Crippen LogP) is 2.90. The quantitative estimate of drug-likeness (QED) is 0.303. The number of amides is 1. The maximum absolute atomic E-state index is 12.0. The number of hydrogen-bond donors (Lipinski definition) is 2. The van der Waals surface area contributed by atoms with Crippen molar-refractivity contribution in [3.05, 3.63) is 34.9 Å². The van der Waals surface area contributed by atoms with E-state index in [0.29, 0.717) is 13.0 Å². The van der Waals surface area contributed by atoms with Crippen LogP contribution >= 0.6 is 35.6 Å². The molecule has 3 rings (SSSR count). The van der Waals surface area contributed by atoms with Gasteiger partial charge in [0.15, 0.2) is 5.96 Å². The number of likely N-dealkylation sites (tertiary alicyclic amines) is 1. The van der Waals surface area contributed by atoms with Gasteiger partial charge in [-0.2, -0.15) is 0 Å². The van der Waals surface area contributed by atoms with Crippen molar-refractivity contribution in [3.8, 4) is 0 Å². The lowest BCUT2D eigenvalue weighted by molar-refractivity contribution is -0.129. The number of nitrogens with one attached hydrogen (secondary N) is 2. The van der Waals surface area contributed by atoms with Crippen LogP contribution in [0, 0.1) is 0 Å². The normalized spacial score (nSPS) is 20.8. The van der Waals surface area contributed by atoms with E-state index in [1.807, 2.05) is 24.0 Å². The van der Waals surface area contributed by atoms with Crippen LogP contribution < -0.4 is 10.6 Å². The summed E-state index contributed by atoms with van der Waals surface area (Å²) in [5, 5.41) is 7.62. The Bertz CT molecular complexity index is 712. The average Bonchev–Trinajstić information content (AvgIpc) is 3.24. The molecule has 0 saturated carbocycles. The number of hydrogen-bond acceptors (Lipinski definition) is 4. The minimum absolute atomic E-state index is 0. The topological polar surface area (TPSA) is 69.2 Å². The Hall–Kier alpha value is -1.10. The smallest absolute Gasteiger partial charge is 0.222 e. The largest absolute Gasteiger partial charge is 0.379 e. The molecule has 2 fully saturated rings. The highest BCUT2D eigenvalue weighted by Crippen LogP contribution is 2.24. The first-order valence-corrected chi connectivity index (χ1v) is 11.4. The molecule has 2 N–H and O–H groups in total. The van der Waals surface area contributed by atoms with Crippen molar-refractivity contribution in [3.63, 3.8) is 0 Å². The maximum Gasteiger partial charge on any atom is 0.222 e. The second-order valence-electron chi connectivity index (χ2n) is 7.76. The summed E-state index contributed by atoms with van der Waals surface area (Å²) in [5.74, 6) is 1.02. The Balaban J connectivity index is 0.00000341. The molecule has 2 atom stereocenters. The number of ether oxygens (including phenoxy) is 1. The molecule has 0 bridgehead atoms. The van der Waals surface area contributed by atoms with E-state index in [4.69, 9.17) is 21.3 Å². The van der Waals surface area contributed by atoms with Gasteiger partial charge in [0.1, 0.15) is 0 Å². The summed E-state index contributed by atoms with van der Waals surface area (Å²) in [6.07, 6.45) is 1.50. The lowest BCUT2D eigenvalue weighted by Gasteiger charge is -2.34. The molecule has 2 unspecified atom stereocenters. The van der Waals surface area contributed by atoms with Crippen LogP contribution in [0.25, 0.3) is 0 Å². The van der Waals surface area contributed by atoms with Gasteiger partial charge in [-0.3, -0.25) is 14.7 Å². The molecule has 31 heavy (non-hydrogen) atoms. The minimum atomic E-state index is 0. The van der Waals surface area contributed by atoms with Crippen LogP contribution in [0.1, 0.15) is 38.3 Å². The van der Waals surface area contributed by atoms with Gasteiger partial charge in [0.2, 0.25) is 5.91 Å². The molecule has 2 aliphatic rings.